The molecule has 5 nitrogen and oxygen atoms in total. The van der Waals surface area contributed by atoms with Crippen molar-refractivity contribution in [3.63, 3.8) is 0 Å². The van der Waals surface area contributed by atoms with Gasteiger partial charge in [-0.25, -0.2) is 4.98 Å². The van der Waals surface area contributed by atoms with Crippen molar-refractivity contribution < 1.29 is 5.11 Å². The molecule has 1 aliphatic rings. The average molecular weight is 315 g/mol. The summed E-state index contributed by atoms with van der Waals surface area (Å²) in [5.41, 5.74) is 1.01. The number of rotatable bonds is 4. The third-order valence-corrected chi connectivity index (χ3v) is 5.17. The Morgan fingerprint density at radius 1 is 1.55 bits per heavy atom. The molecule has 1 saturated heterocycles. The van der Waals surface area contributed by atoms with Gasteiger partial charge in [0.15, 0.2) is 10.1 Å². The Bertz CT molecular complexity index is 596. The number of nitrogens with zero attached hydrogens (tertiary/aromatic N) is 4. The molecule has 0 saturated carbocycles. The molecule has 0 aliphatic carbocycles. The molecule has 0 spiro atoms. The maximum atomic E-state index is 9.59. The minimum atomic E-state index is 0.188. The molecule has 3 rings (SSSR count). The Balaban J connectivity index is 1.83. The molecule has 7 heteroatoms. The van der Waals surface area contributed by atoms with Crippen LogP contribution in [0.1, 0.15) is 12.1 Å². The number of likely N-dealkylation sites (N-methyl/N-ethyl adjacent to an activating group) is 1. The number of halogens is 1. The normalized spacial score (nSPS) is 24.2. The highest BCUT2D eigenvalue weighted by Gasteiger charge is 2.33. The van der Waals surface area contributed by atoms with E-state index in [0.717, 1.165) is 30.2 Å². The fraction of sp³-hybridized carbons (Fsp3) is 0.615. The van der Waals surface area contributed by atoms with Gasteiger partial charge in [0.1, 0.15) is 0 Å². The van der Waals surface area contributed by atoms with Gasteiger partial charge in [-0.1, -0.05) is 11.6 Å². The van der Waals surface area contributed by atoms with Crippen LogP contribution in [0.15, 0.2) is 11.6 Å². The minimum absolute atomic E-state index is 0.188. The van der Waals surface area contributed by atoms with Crippen LogP contribution in [0.2, 0.25) is 5.15 Å². The summed E-state index contributed by atoms with van der Waals surface area (Å²) in [5, 5.41) is 12.2. The predicted molar refractivity (Wildman–Crippen MR) is 81.5 cm³/mol. The van der Waals surface area contributed by atoms with Crippen molar-refractivity contribution in [2.24, 2.45) is 0 Å². The molecule has 1 fully saturated rings. The molecule has 2 atom stereocenters. The molecule has 0 unspecified atom stereocenters. The maximum Gasteiger partial charge on any atom is 0.195 e. The summed E-state index contributed by atoms with van der Waals surface area (Å²) in [5.74, 6) is 0. The van der Waals surface area contributed by atoms with Gasteiger partial charge in [0, 0.05) is 36.8 Å². The molecule has 1 aliphatic heterocycles. The van der Waals surface area contributed by atoms with E-state index in [2.05, 4.69) is 28.9 Å². The number of likely N-dealkylation sites (tertiary alicyclic amines) is 1. The quantitative estimate of drug-likeness (QED) is 0.930. The third-order valence-electron chi connectivity index (χ3n) is 4.11. The number of hydrogen-bond acceptors (Lipinski definition) is 5. The van der Waals surface area contributed by atoms with E-state index in [-0.39, 0.29) is 12.6 Å². The van der Waals surface area contributed by atoms with E-state index in [1.807, 2.05) is 16.0 Å². The van der Waals surface area contributed by atoms with E-state index in [1.165, 1.54) is 0 Å². The van der Waals surface area contributed by atoms with E-state index in [0.29, 0.717) is 11.2 Å². The number of imidazole rings is 1. The molecule has 1 N–H and O–H groups in total. The summed E-state index contributed by atoms with van der Waals surface area (Å²) in [7, 11) is 4.18. The van der Waals surface area contributed by atoms with E-state index in [9.17, 15) is 5.11 Å². The van der Waals surface area contributed by atoms with Crippen molar-refractivity contribution in [2.45, 2.75) is 25.0 Å². The van der Waals surface area contributed by atoms with Crippen LogP contribution in [-0.4, -0.2) is 63.6 Å². The van der Waals surface area contributed by atoms with Crippen LogP contribution >= 0.6 is 22.9 Å². The monoisotopic (exact) mass is 314 g/mol. The first kappa shape index (κ1) is 14.3. The number of aromatic nitrogens is 2. The van der Waals surface area contributed by atoms with Gasteiger partial charge in [-0.3, -0.25) is 9.30 Å². The maximum absolute atomic E-state index is 9.59. The number of hydrogen-bond donors (Lipinski definition) is 1. The lowest BCUT2D eigenvalue weighted by Gasteiger charge is -2.22. The lowest BCUT2D eigenvalue weighted by Crippen LogP contribution is -2.33. The summed E-state index contributed by atoms with van der Waals surface area (Å²) >= 11 is 7.84. The van der Waals surface area contributed by atoms with Gasteiger partial charge in [-0.05, 0) is 20.5 Å². The first-order valence-corrected chi connectivity index (χ1v) is 7.97. The zero-order valence-corrected chi connectivity index (χ0v) is 13.2. The van der Waals surface area contributed by atoms with Crippen LogP contribution in [0.5, 0.6) is 0 Å². The van der Waals surface area contributed by atoms with Gasteiger partial charge in [0.25, 0.3) is 0 Å². The second kappa shape index (κ2) is 5.61. The average Bonchev–Trinajstić information content (AvgIpc) is 3.06. The Morgan fingerprint density at radius 3 is 3.05 bits per heavy atom. The molecule has 0 bridgehead atoms. The summed E-state index contributed by atoms with van der Waals surface area (Å²) in [6.07, 6.45) is 2.99. The van der Waals surface area contributed by atoms with Crippen LogP contribution in [-0.2, 0) is 6.54 Å². The number of aliphatic hydroxyl groups excluding tert-OH is 1. The number of thiazole rings is 1. The predicted octanol–water partition coefficient (Wildman–Crippen LogP) is 1.55. The first-order chi connectivity index (χ1) is 9.60. The van der Waals surface area contributed by atoms with Crippen LogP contribution in [0, 0.1) is 0 Å². The largest absolute Gasteiger partial charge is 0.395 e. The first-order valence-electron chi connectivity index (χ1n) is 6.71. The van der Waals surface area contributed by atoms with Crippen molar-refractivity contribution in [1.29, 1.82) is 0 Å². The molecule has 20 heavy (non-hydrogen) atoms. The molecule has 0 radical (unpaired) electrons. The van der Waals surface area contributed by atoms with Gasteiger partial charge in [-0.15, -0.1) is 11.3 Å². The molecule has 110 valence electrons. The fourth-order valence-corrected chi connectivity index (χ4v) is 3.87. The number of aliphatic hydroxyl groups is 1. The molecule has 2 aromatic rings. The van der Waals surface area contributed by atoms with E-state index < -0.39 is 0 Å². The summed E-state index contributed by atoms with van der Waals surface area (Å²) < 4.78 is 2.05. The fourth-order valence-electron chi connectivity index (χ4n) is 2.86. The third kappa shape index (κ3) is 2.46. The van der Waals surface area contributed by atoms with Crippen molar-refractivity contribution in [3.05, 3.63) is 22.4 Å². The molecule has 0 amide bonds. The Morgan fingerprint density at radius 2 is 2.35 bits per heavy atom. The van der Waals surface area contributed by atoms with Gasteiger partial charge >= 0.3 is 0 Å². The van der Waals surface area contributed by atoms with Gasteiger partial charge < -0.3 is 10.0 Å². The zero-order valence-electron chi connectivity index (χ0n) is 11.7. The van der Waals surface area contributed by atoms with Crippen LogP contribution in [0.3, 0.4) is 0 Å². The molecular weight excluding hydrogens is 296 g/mol. The second-order valence-electron chi connectivity index (χ2n) is 5.52. The van der Waals surface area contributed by atoms with Gasteiger partial charge in [-0.2, -0.15) is 0 Å². The van der Waals surface area contributed by atoms with Crippen LogP contribution in [0.4, 0.5) is 0 Å². The van der Waals surface area contributed by atoms with E-state index in [1.54, 1.807) is 11.3 Å². The second-order valence-corrected chi connectivity index (χ2v) is 6.75. The topological polar surface area (TPSA) is 44.0 Å². The van der Waals surface area contributed by atoms with Crippen LogP contribution in [0.25, 0.3) is 4.96 Å². The standard InChI is InChI=1S/C13H19ClN4OS/c1-16(2)9-5-10(8-19)17(6-9)7-11-12(14)15-13-18(11)3-4-20-13/h3-4,9-10,19H,5-8H2,1-2H3/t9-,10+/m1/s1. The summed E-state index contributed by atoms with van der Waals surface area (Å²) in [6.45, 7) is 1.87. The SMILES string of the molecule is CN(C)[C@@H]1C[C@@H](CO)N(Cc2c(Cl)nc3sccn23)C1. The molecule has 2 aromatic heterocycles. The van der Waals surface area contributed by atoms with Crippen molar-refractivity contribution in [2.75, 3.05) is 27.2 Å². The van der Waals surface area contributed by atoms with Crippen molar-refractivity contribution >= 4 is 27.9 Å². The lowest BCUT2D eigenvalue weighted by atomic mass is 10.1. The number of fused-ring (bicyclic) bond motifs is 1. The molecule has 0 aromatic carbocycles. The van der Waals surface area contributed by atoms with Crippen molar-refractivity contribution in [3.8, 4) is 0 Å². The summed E-state index contributed by atoms with van der Waals surface area (Å²) in [4.78, 5) is 9.82. The van der Waals surface area contributed by atoms with Crippen molar-refractivity contribution in [1.82, 2.24) is 19.2 Å². The Labute approximate surface area is 127 Å². The highest BCUT2D eigenvalue weighted by atomic mass is 35.5. The highest BCUT2D eigenvalue weighted by molar-refractivity contribution is 7.15. The molecular formula is C13H19ClN4OS. The van der Waals surface area contributed by atoms with Gasteiger partial charge in [0.05, 0.1) is 12.3 Å². The smallest absolute Gasteiger partial charge is 0.195 e. The summed E-state index contributed by atoms with van der Waals surface area (Å²) in [6, 6.07) is 0.680. The van der Waals surface area contributed by atoms with E-state index >= 15 is 0 Å². The van der Waals surface area contributed by atoms with Crippen LogP contribution < -0.4 is 0 Å². The Hall–Kier alpha value is -0.660. The van der Waals surface area contributed by atoms with Gasteiger partial charge in [0.2, 0.25) is 0 Å². The zero-order chi connectivity index (χ0) is 14.3. The molecule has 3 heterocycles. The highest BCUT2D eigenvalue weighted by Crippen LogP contribution is 2.27. The Kier molecular flexibility index (Phi) is 4.01. The lowest BCUT2D eigenvalue weighted by molar-refractivity contribution is 0.151. The minimum Gasteiger partial charge on any atom is -0.395 e. The van der Waals surface area contributed by atoms with E-state index in [4.69, 9.17) is 11.6 Å².